The van der Waals surface area contributed by atoms with Crippen LogP contribution >= 0.6 is 0 Å². The number of carbonyl (C=O) groups excluding carboxylic acids is 2. The Morgan fingerprint density at radius 1 is 1.07 bits per heavy atom. The van der Waals surface area contributed by atoms with Gasteiger partial charge in [0.15, 0.2) is 0 Å². The van der Waals surface area contributed by atoms with Crippen LogP contribution in [-0.2, 0) is 27.2 Å². The zero-order chi connectivity index (χ0) is 21.4. The number of benzene rings is 1. The fourth-order valence-electron chi connectivity index (χ4n) is 2.54. The van der Waals surface area contributed by atoms with Gasteiger partial charge < -0.3 is 36.7 Å². The van der Waals surface area contributed by atoms with E-state index >= 15 is 0 Å². The number of carbonyl (C=O) groups is 3. The third-order valence-electron chi connectivity index (χ3n) is 4.14. The lowest BCUT2D eigenvalue weighted by molar-refractivity contribution is -0.143. The number of H-pyrrole nitrogens is 1. The van der Waals surface area contributed by atoms with Crippen LogP contribution in [0.25, 0.3) is 0 Å². The molecule has 8 N–H and O–H groups in total. The van der Waals surface area contributed by atoms with Gasteiger partial charge in [-0.3, -0.25) is 9.59 Å². The number of rotatable bonds is 10. The van der Waals surface area contributed by atoms with Crippen molar-refractivity contribution in [2.24, 2.45) is 5.73 Å². The molecule has 2 amide bonds. The Bertz CT molecular complexity index is 824. The maximum atomic E-state index is 12.5. The minimum absolute atomic E-state index is 0.0151. The largest absolute Gasteiger partial charge is 0.508 e. The maximum Gasteiger partial charge on any atom is 0.328 e. The monoisotopic (exact) mass is 405 g/mol. The average molecular weight is 405 g/mol. The van der Waals surface area contributed by atoms with Crippen LogP contribution < -0.4 is 16.4 Å². The highest BCUT2D eigenvalue weighted by molar-refractivity contribution is 5.92. The molecule has 11 heteroatoms. The lowest BCUT2D eigenvalue weighted by Gasteiger charge is -2.22. The van der Waals surface area contributed by atoms with Gasteiger partial charge >= 0.3 is 5.97 Å². The normalized spacial score (nSPS) is 13.9. The lowest BCUT2D eigenvalue weighted by Crippen LogP contribution is -2.56. The van der Waals surface area contributed by atoms with Crippen molar-refractivity contribution in [1.29, 1.82) is 0 Å². The molecule has 0 spiro atoms. The van der Waals surface area contributed by atoms with E-state index in [9.17, 15) is 19.5 Å². The zero-order valence-corrected chi connectivity index (χ0v) is 15.4. The molecule has 2 rings (SSSR count). The van der Waals surface area contributed by atoms with E-state index in [0.29, 0.717) is 11.3 Å². The van der Waals surface area contributed by atoms with Crippen molar-refractivity contribution in [3.8, 4) is 5.75 Å². The van der Waals surface area contributed by atoms with Gasteiger partial charge in [-0.15, -0.1) is 0 Å². The number of nitrogens with two attached hydrogens (primary N) is 1. The van der Waals surface area contributed by atoms with E-state index in [1.807, 2.05) is 0 Å². The van der Waals surface area contributed by atoms with Gasteiger partial charge in [-0.25, -0.2) is 9.78 Å². The van der Waals surface area contributed by atoms with E-state index in [1.165, 1.54) is 24.7 Å². The number of carboxylic acid groups (broad SMARTS) is 1. The van der Waals surface area contributed by atoms with Crippen LogP contribution in [-0.4, -0.2) is 67.8 Å². The summed E-state index contributed by atoms with van der Waals surface area (Å²) < 4.78 is 0. The number of nitrogens with one attached hydrogen (secondary N) is 3. The van der Waals surface area contributed by atoms with E-state index in [4.69, 9.17) is 15.9 Å². The summed E-state index contributed by atoms with van der Waals surface area (Å²) in [7, 11) is 0. The fraction of sp³-hybridized carbons (Fsp3) is 0.333. The molecule has 0 bridgehead atoms. The lowest BCUT2D eigenvalue weighted by atomic mass is 10.0. The molecular formula is C18H23N5O6. The number of carboxylic acids is 1. The highest BCUT2D eigenvalue weighted by Gasteiger charge is 2.28. The van der Waals surface area contributed by atoms with Crippen LogP contribution in [0.5, 0.6) is 5.75 Å². The number of phenolic OH excluding ortho intramolecular Hbond substituents is 1. The second-order valence-corrected chi connectivity index (χ2v) is 6.40. The Hall–Kier alpha value is -3.44. The van der Waals surface area contributed by atoms with Gasteiger partial charge in [0.05, 0.1) is 19.0 Å². The summed E-state index contributed by atoms with van der Waals surface area (Å²) in [6.45, 7) is -0.799. The number of aliphatic hydroxyl groups excluding tert-OH is 1. The van der Waals surface area contributed by atoms with Crippen molar-refractivity contribution in [1.82, 2.24) is 20.6 Å². The highest BCUT2D eigenvalue weighted by atomic mass is 16.4. The molecule has 0 aliphatic rings. The summed E-state index contributed by atoms with van der Waals surface area (Å²) in [6, 6.07) is 2.55. The van der Waals surface area contributed by atoms with Crippen LogP contribution in [0.3, 0.4) is 0 Å². The van der Waals surface area contributed by atoms with Gasteiger partial charge in [0.2, 0.25) is 11.8 Å². The molecule has 0 saturated carbocycles. The number of hydrogen-bond acceptors (Lipinski definition) is 7. The molecule has 0 aliphatic carbocycles. The van der Waals surface area contributed by atoms with Crippen molar-refractivity contribution >= 4 is 17.8 Å². The third-order valence-corrected chi connectivity index (χ3v) is 4.14. The number of aliphatic hydroxyl groups is 1. The predicted octanol–water partition coefficient (Wildman–Crippen LogP) is -1.73. The summed E-state index contributed by atoms with van der Waals surface area (Å²) in [5.41, 5.74) is 7.17. The van der Waals surface area contributed by atoms with Crippen LogP contribution in [0.2, 0.25) is 0 Å². The number of amides is 2. The van der Waals surface area contributed by atoms with Crippen LogP contribution in [0, 0.1) is 0 Å². The standard InChI is InChI=1S/C18H23N5O6/c19-13(5-10-1-3-12(25)4-2-10)16(26)22-14(6-11-7-20-9-21-11)17(27)23-15(8-24)18(28)29/h1-4,7,9,13-15,24-25H,5-6,8,19H2,(H,20,21)(H,22,26)(H,23,27)(H,28,29). The molecule has 3 unspecified atom stereocenters. The van der Waals surface area contributed by atoms with Gasteiger partial charge in [-0.1, -0.05) is 12.1 Å². The van der Waals surface area contributed by atoms with Crippen LogP contribution in [0.4, 0.5) is 0 Å². The van der Waals surface area contributed by atoms with Crippen molar-refractivity contribution in [3.63, 3.8) is 0 Å². The van der Waals surface area contributed by atoms with E-state index < -0.39 is 42.5 Å². The first kappa shape index (κ1) is 21.9. The van der Waals surface area contributed by atoms with Gasteiger partial charge in [0.1, 0.15) is 17.8 Å². The number of aromatic hydroxyl groups is 1. The first-order valence-electron chi connectivity index (χ1n) is 8.75. The maximum absolute atomic E-state index is 12.5. The highest BCUT2D eigenvalue weighted by Crippen LogP contribution is 2.11. The molecule has 0 saturated heterocycles. The van der Waals surface area contributed by atoms with Gasteiger partial charge in [0.25, 0.3) is 0 Å². The Morgan fingerprint density at radius 2 is 1.72 bits per heavy atom. The van der Waals surface area contributed by atoms with E-state index in [2.05, 4.69) is 20.6 Å². The first-order chi connectivity index (χ1) is 13.8. The van der Waals surface area contributed by atoms with E-state index in [1.54, 1.807) is 12.1 Å². The molecule has 0 fully saturated rings. The Kier molecular flexibility index (Phi) is 7.69. The molecule has 1 heterocycles. The average Bonchev–Trinajstić information content (AvgIpc) is 3.19. The molecule has 0 radical (unpaired) electrons. The Labute approximate surface area is 166 Å². The van der Waals surface area contributed by atoms with Crippen LogP contribution in [0.1, 0.15) is 11.3 Å². The first-order valence-corrected chi connectivity index (χ1v) is 8.75. The predicted molar refractivity (Wildman–Crippen MR) is 101 cm³/mol. The minimum Gasteiger partial charge on any atom is -0.508 e. The summed E-state index contributed by atoms with van der Waals surface area (Å²) in [5.74, 6) is -2.73. The SMILES string of the molecule is NC(Cc1ccc(O)cc1)C(=O)NC(Cc1cnc[nH]1)C(=O)NC(CO)C(=O)O. The van der Waals surface area contributed by atoms with Crippen molar-refractivity contribution in [2.45, 2.75) is 31.0 Å². The van der Waals surface area contributed by atoms with Crippen LogP contribution in [0.15, 0.2) is 36.8 Å². The molecule has 3 atom stereocenters. The number of hydrogen-bond donors (Lipinski definition) is 7. The summed E-state index contributed by atoms with van der Waals surface area (Å²) in [6.07, 6.45) is 3.04. The number of aromatic amines is 1. The quantitative estimate of drug-likeness (QED) is 0.242. The molecule has 1 aromatic carbocycles. The molecular weight excluding hydrogens is 382 g/mol. The second kappa shape index (κ2) is 10.2. The Balaban J connectivity index is 2.06. The van der Waals surface area contributed by atoms with Crippen molar-refractivity contribution in [3.05, 3.63) is 48.0 Å². The van der Waals surface area contributed by atoms with Gasteiger partial charge in [-0.05, 0) is 24.1 Å². The number of phenols is 1. The zero-order valence-electron chi connectivity index (χ0n) is 15.4. The third kappa shape index (κ3) is 6.59. The van der Waals surface area contributed by atoms with E-state index in [0.717, 1.165) is 0 Å². The molecule has 0 aliphatic heterocycles. The number of aromatic nitrogens is 2. The summed E-state index contributed by atoms with van der Waals surface area (Å²) in [5, 5.41) is 32.1. The molecule has 1 aromatic heterocycles. The minimum atomic E-state index is -1.51. The van der Waals surface area contributed by atoms with Gasteiger partial charge in [-0.2, -0.15) is 0 Å². The molecule has 29 heavy (non-hydrogen) atoms. The topological polar surface area (TPSA) is 191 Å². The summed E-state index contributed by atoms with van der Waals surface area (Å²) in [4.78, 5) is 42.7. The molecule has 156 valence electrons. The molecule has 11 nitrogen and oxygen atoms in total. The Morgan fingerprint density at radius 3 is 2.28 bits per heavy atom. The molecule has 2 aromatic rings. The second-order valence-electron chi connectivity index (χ2n) is 6.40. The summed E-state index contributed by atoms with van der Waals surface area (Å²) >= 11 is 0. The fourth-order valence-corrected chi connectivity index (χ4v) is 2.54. The number of nitrogens with zero attached hydrogens (tertiary/aromatic N) is 1. The number of aliphatic carboxylic acids is 1. The van der Waals surface area contributed by atoms with Gasteiger partial charge in [0, 0.05) is 18.3 Å². The van der Waals surface area contributed by atoms with Crippen molar-refractivity contribution < 1.29 is 29.7 Å². The van der Waals surface area contributed by atoms with Crippen molar-refractivity contribution in [2.75, 3.05) is 6.61 Å². The van der Waals surface area contributed by atoms with E-state index in [-0.39, 0.29) is 18.6 Å². The number of imidazole rings is 1. The smallest absolute Gasteiger partial charge is 0.328 e.